The van der Waals surface area contributed by atoms with E-state index in [9.17, 15) is 14.4 Å². The van der Waals surface area contributed by atoms with E-state index in [-0.39, 0.29) is 37.1 Å². The minimum Gasteiger partial charge on any atom is -0.464 e. The van der Waals surface area contributed by atoms with Crippen LogP contribution in [0.15, 0.2) is 12.1 Å². The molecule has 5 nitrogen and oxygen atoms in total. The van der Waals surface area contributed by atoms with Gasteiger partial charge in [0.1, 0.15) is 5.54 Å². The van der Waals surface area contributed by atoms with Crippen molar-refractivity contribution in [2.45, 2.75) is 51.0 Å². The van der Waals surface area contributed by atoms with Crippen LogP contribution in [0.3, 0.4) is 0 Å². The Balaban J connectivity index is 1.90. The van der Waals surface area contributed by atoms with Gasteiger partial charge in [0.05, 0.1) is 15.8 Å². The average molecular weight is 358 g/mol. The third kappa shape index (κ3) is 4.54. The standard InChI is InChI=1S/C16H20ClNO4S/c1-2-22-15(21)16(9-3-4-10-16)18-14(20)8-5-11(19)12-6-7-13(17)23-12/h6-7H,2-5,8-10H2,1H3,(H,18,20). The Kier molecular flexibility index (Phi) is 6.18. The number of ketones is 1. The second-order valence-electron chi connectivity index (χ2n) is 5.58. The molecular formula is C16H20ClNO4S. The highest BCUT2D eigenvalue weighted by Gasteiger charge is 2.43. The second-order valence-corrected chi connectivity index (χ2v) is 7.30. The lowest BCUT2D eigenvalue weighted by atomic mass is 9.97. The van der Waals surface area contributed by atoms with Crippen LogP contribution in [0, 0.1) is 0 Å². The van der Waals surface area contributed by atoms with E-state index in [2.05, 4.69) is 5.32 Å². The smallest absolute Gasteiger partial charge is 0.331 e. The Morgan fingerprint density at radius 3 is 2.52 bits per heavy atom. The van der Waals surface area contributed by atoms with Crippen LogP contribution in [0.25, 0.3) is 0 Å². The number of nitrogens with one attached hydrogen (secondary N) is 1. The van der Waals surface area contributed by atoms with Crippen molar-refractivity contribution in [3.05, 3.63) is 21.3 Å². The summed E-state index contributed by atoms with van der Waals surface area (Å²) in [5.41, 5.74) is -0.914. The molecule has 0 unspecified atom stereocenters. The number of carbonyl (C=O) groups excluding carboxylic acids is 3. The molecule has 1 aliphatic rings. The molecule has 7 heteroatoms. The highest BCUT2D eigenvalue weighted by Crippen LogP contribution is 2.31. The first-order chi connectivity index (χ1) is 11.0. The summed E-state index contributed by atoms with van der Waals surface area (Å²) in [7, 11) is 0. The lowest BCUT2D eigenvalue weighted by Gasteiger charge is -2.27. The normalized spacial score (nSPS) is 16.1. The van der Waals surface area contributed by atoms with E-state index in [4.69, 9.17) is 16.3 Å². The van der Waals surface area contributed by atoms with Gasteiger partial charge in [0.25, 0.3) is 0 Å². The van der Waals surface area contributed by atoms with Crippen molar-refractivity contribution >= 4 is 40.6 Å². The van der Waals surface area contributed by atoms with Crippen LogP contribution < -0.4 is 5.32 Å². The minimum absolute atomic E-state index is 0.0511. The largest absolute Gasteiger partial charge is 0.464 e. The number of rotatable bonds is 7. The molecule has 0 radical (unpaired) electrons. The number of Topliss-reactive ketones (excluding diaryl/α,β-unsaturated/α-hetero) is 1. The molecule has 1 heterocycles. The van der Waals surface area contributed by atoms with Crippen molar-refractivity contribution in [2.24, 2.45) is 0 Å². The van der Waals surface area contributed by atoms with Crippen molar-refractivity contribution < 1.29 is 19.1 Å². The number of esters is 1. The fraction of sp³-hybridized carbons (Fsp3) is 0.562. The van der Waals surface area contributed by atoms with E-state index in [1.54, 1.807) is 19.1 Å². The molecule has 1 N–H and O–H groups in total. The SMILES string of the molecule is CCOC(=O)C1(NC(=O)CCC(=O)c2ccc(Cl)s2)CCCC1. The Bertz CT molecular complexity index is 593. The Morgan fingerprint density at radius 2 is 1.96 bits per heavy atom. The predicted molar refractivity (Wildman–Crippen MR) is 88.9 cm³/mol. The zero-order valence-corrected chi connectivity index (χ0v) is 14.6. The molecule has 0 bridgehead atoms. The molecular weight excluding hydrogens is 338 g/mol. The maximum atomic E-state index is 12.2. The Hall–Kier alpha value is -1.40. The zero-order chi connectivity index (χ0) is 16.9. The van der Waals surface area contributed by atoms with Crippen LogP contribution in [-0.4, -0.2) is 29.8 Å². The monoisotopic (exact) mass is 357 g/mol. The summed E-state index contributed by atoms with van der Waals surface area (Å²) >= 11 is 7.00. The molecule has 0 spiro atoms. The summed E-state index contributed by atoms with van der Waals surface area (Å²) in [5.74, 6) is -0.785. The van der Waals surface area contributed by atoms with Gasteiger partial charge in [-0.05, 0) is 31.9 Å². The van der Waals surface area contributed by atoms with Crippen LogP contribution >= 0.6 is 22.9 Å². The maximum absolute atomic E-state index is 12.2. The molecule has 1 aromatic rings. The van der Waals surface area contributed by atoms with E-state index in [1.807, 2.05) is 0 Å². The zero-order valence-electron chi connectivity index (χ0n) is 13.0. The van der Waals surface area contributed by atoms with E-state index in [0.29, 0.717) is 22.1 Å². The third-order valence-electron chi connectivity index (χ3n) is 3.93. The van der Waals surface area contributed by atoms with Gasteiger partial charge in [0.15, 0.2) is 5.78 Å². The molecule has 23 heavy (non-hydrogen) atoms. The Labute approximate surface area is 144 Å². The highest BCUT2D eigenvalue weighted by atomic mass is 35.5. The number of amides is 1. The molecule has 0 saturated heterocycles. The van der Waals surface area contributed by atoms with Gasteiger partial charge in [-0.3, -0.25) is 9.59 Å². The van der Waals surface area contributed by atoms with Gasteiger partial charge in [0.2, 0.25) is 5.91 Å². The molecule has 0 atom stereocenters. The number of carbonyl (C=O) groups is 3. The molecule has 0 aliphatic heterocycles. The van der Waals surface area contributed by atoms with Crippen LogP contribution in [-0.2, 0) is 14.3 Å². The summed E-state index contributed by atoms with van der Waals surface area (Å²) in [6.45, 7) is 2.03. The summed E-state index contributed by atoms with van der Waals surface area (Å²) in [6.07, 6.45) is 3.09. The molecule has 0 aromatic carbocycles. The van der Waals surface area contributed by atoms with E-state index >= 15 is 0 Å². The second kappa shape index (κ2) is 7.93. The number of halogens is 1. The number of hydrogen-bond donors (Lipinski definition) is 1. The van der Waals surface area contributed by atoms with Crippen molar-refractivity contribution in [3.8, 4) is 0 Å². The predicted octanol–water partition coefficient (Wildman–Crippen LogP) is 3.36. The van der Waals surface area contributed by atoms with Crippen LogP contribution in [0.1, 0.15) is 55.1 Å². The quantitative estimate of drug-likeness (QED) is 0.600. The van der Waals surface area contributed by atoms with E-state index < -0.39 is 5.54 Å². The first-order valence-corrected chi connectivity index (χ1v) is 8.93. The van der Waals surface area contributed by atoms with Crippen LogP contribution in [0.5, 0.6) is 0 Å². The molecule has 126 valence electrons. The van der Waals surface area contributed by atoms with Crippen molar-refractivity contribution in [2.75, 3.05) is 6.61 Å². The van der Waals surface area contributed by atoms with Gasteiger partial charge in [-0.2, -0.15) is 0 Å². The van der Waals surface area contributed by atoms with Gasteiger partial charge in [-0.1, -0.05) is 24.4 Å². The molecule has 1 aromatic heterocycles. The van der Waals surface area contributed by atoms with Gasteiger partial charge in [0, 0.05) is 12.8 Å². The minimum atomic E-state index is -0.914. The van der Waals surface area contributed by atoms with Crippen molar-refractivity contribution in [1.29, 1.82) is 0 Å². The topological polar surface area (TPSA) is 72.5 Å². The number of thiophene rings is 1. The maximum Gasteiger partial charge on any atom is 0.331 e. The fourth-order valence-electron chi connectivity index (χ4n) is 2.77. The molecule has 2 rings (SSSR count). The summed E-state index contributed by atoms with van der Waals surface area (Å²) in [4.78, 5) is 36.8. The van der Waals surface area contributed by atoms with E-state index in [0.717, 1.165) is 12.8 Å². The summed E-state index contributed by atoms with van der Waals surface area (Å²) in [6, 6.07) is 3.32. The fourth-order valence-corrected chi connectivity index (χ4v) is 3.78. The lowest BCUT2D eigenvalue weighted by molar-refractivity contribution is -0.153. The van der Waals surface area contributed by atoms with Crippen LogP contribution in [0.4, 0.5) is 0 Å². The first kappa shape index (κ1) is 17.9. The van der Waals surface area contributed by atoms with Gasteiger partial charge < -0.3 is 10.1 Å². The molecule has 1 fully saturated rings. The van der Waals surface area contributed by atoms with E-state index in [1.165, 1.54) is 11.3 Å². The molecule has 1 amide bonds. The van der Waals surface area contributed by atoms with Crippen molar-refractivity contribution in [3.63, 3.8) is 0 Å². The van der Waals surface area contributed by atoms with Gasteiger partial charge >= 0.3 is 5.97 Å². The molecule has 1 saturated carbocycles. The number of hydrogen-bond acceptors (Lipinski definition) is 5. The molecule has 1 aliphatic carbocycles. The number of ether oxygens (including phenoxy) is 1. The van der Waals surface area contributed by atoms with Crippen molar-refractivity contribution in [1.82, 2.24) is 5.32 Å². The average Bonchev–Trinajstić information content (AvgIpc) is 3.15. The lowest BCUT2D eigenvalue weighted by Crippen LogP contribution is -2.53. The first-order valence-electron chi connectivity index (χ1n) is 7.73. The summed E-state index contributed by atoms with van der Waals surface area (Å²) < 4.78 is 5.64. The third-order valence-corrected chi connectivity index (χ3v) is 5.20. The summed E-state index contributed by atoms with van der Waals surface area (Å²) in [5, 5.41) is 2.80. The van der Waals surface area contributed by atoms with Gasteiger partial charge in [-0.25, -0.2) is 4.79 Å². The van der Waals surface area contributed by atoms with Gasteiger partial charge in [-0.15, -0.1) is 11.3 Å². The highest BCUT2D eigenvalue weighted by molar-refractivity contribution is 7.18. The Morgan fingerprint density at radius 1 is 1.26 bits per heavy atom. The van der Waals surface area contributed by atoms with Crippen LogP contribution in [0.2, 0.25) is 4.34 Å².